The van der Waals surface area contributed by atoms with Crippen molar-refractivity contribution < 1.29 is 13.9 Å². The summed E-state index contributed by atoms with van der Waals surface area (Å²) in [5.74, 6) is 1.83. The number of rotatable bonds is 6. The third-order valence-electron chi connectivity index (χ3n) is 6.33. The van der Waals surface area contributed by atoms with Gasteiger partial charge in [-0.15, -0.1) is 10.2 Å². The van der Waals surface area contributed by atoms with Crippen LogP contribution in [0, 0.1) is 6.92 Å². The molecule has 0 spiro atoms. The molecule has 35 heavy (non-hydrogen) atoms. The second-order valence-electron chi connectivity index (χ2n) is 8.77. The van der Waals surface area contributed by atoms with Crippen LogP contribution in [0.3, 0.4) is 0 Å². The zero-order chi connectivity index (χ0) is 24.2. The third kappa shape index (κ3) is 5.25. The molecule has 178 valence electrons. The Morgan fingerprint density at radius 1 is 0.829 bits per heavy atom. The minimum atomic E-state index is 0.0477. The van der Waals surface area contributed by atoms with E-state index in [1.807, 2.05) is 72.5 Å². The van der Waals surface area contributed by atoms with Gasteiger partial charge < -0.3 is 14.1 Å². The highest BCUT2D eigenvalue weighted by atomic mass is 16.5. The smallest absolute Gasteiger partial charge is 0.253 e. The molecule has 0 bridgehead atoms. The van der Waals surface area contributed by atoms with Crippen LogP contribution in [0.25, 0.3) is 22.9 Å². The number of hydrogen-bond acceptors (Lipinski definition) is 6. The lowest BCUT2D eigenvalue weighted by Gasteiger charge is -2.34. The summed E-state index contributed by atoms with van der Waals surface area (Å²) in [6.45, 7) is 6.02. The quantitative estimate of drug-likeness (QED) is 0.409. The molecule has 1 amide bonds. The van der Waals surface area contributed by atoms with Gasteiger partial charge in [-0.3, -0.25) is 9.69 Å². The Morgan fingerprint density at radius 3 is 1.97 bits per heavy atom. The highest BCUT2D eigenvalue weighted by Gasteiger charge is 2.22. The van der Waals surface area contributed by atoms with E-state index >= 15 is 0 Å². The first-order chi connectivity index (χ1) is 17.1. The third-order valence-corrected chi connectivity index (χ3v) is 6.33. The maximum Gasteiger partial charge on any atom is 0.253 e. The fourth-order valence-electron chi connectivity index (χ4n) is 4.19. The second kappa shape index (κ2) is 10.1. The standard InChI is InChI=1S/C28H28N4O3/c1-20-3-7-22(8-4-20)26-29-30-27(35-26)23-9-11-24(12-10-23)28(33)32-17-15-31(16-18-32)19-21-5-13-25(34-2)14-6-21/h3-14H,15-19H2,1-2H3. The Morgan fingerprint density at radius 2 is 1.40 bits per heavy atom. The lowest BCUT2D eigenvalue weighted by molar-refractivity contribution is 0.0628. The van der Waals surface area contributed by atoms with Crippen molar-refractivity contribution in [3.8, 4) is 28.7 Å². The van der Waals surface area contributed by atoms with E-state index < -0.39 is 0 Å². The van der Waals surface area contributed by atoms with Crippen molar-refractivity contribution in [3.63, 3.8) is 0 Å². The topological polar surface area (TPSA) is 71.7 Å². The van der Waals surface area contributed by atoms with Gasteiger partial charge in [0.1, 0.15) is 5.75 Å². The van der Waals surface area contributed by atoms with Crippen LogP contribution in [0.15, 0.2) is 77.2 Å². The number of carbonyl (C=O) groups excluding carboxylic acids is 1. The molecule has 4 aromatic rings. The number of piperazine rings is 1. The van der Waals surface area contributed by atoms with E-state index in [4.69, 9.17) is 9.15 Å². The number of methoxy groups -OCH3 is 1. The molecule has 1 fully saturated rings. The second-order valence-corrected chi connectivity index (χ2v) is 8.77. The normalized spacial score (nSPS) is 14.2. The molecule has 0 N–H and O–H groups in total. The molecule has 0 unspecified atom stereocenters. The van der Waals surface area contributed by atoms with Crippen LogP contribution in [0.2, 0.25) is 0 Å². The fourth-order valence-corrected chi connectivity index (χ4v) is 4.19. The first-order valence-corrected chi connectivity index (χ1v) is 11.7. The number of benzene rings is 3. The number of aromatic nitrogens is 2. The zero-order valence-electron chi connectivity index (χ0n) is 20.0. The summed E-state index contributed by atoms with van der Waals surface area (Å²) in [7, 11) is 1.67. The van der Waals surface area contributed by atoms with Gasteiger partial charge in [-0.05, 0) is 61.0 Å². The van der Waals surface area contributed by atoms with Crippen LogP contribution < -0.4 is 4.74 Å². The van der Waals surface area contributed by atoms with Crippen molar-refractivity contribution in [3.05, 3.63) is 89.5 Å². The lowest BCUT2D eigenvalue weighted by Crippen LogP contribution is -2.48. The largest absolute Gasteiger partial charge is 0.497 e. The van der Waals surface area contributed by atoms with Crippen molar-refractivity contribution in [1.82, 2.24) is 20.0 Å². The van der Waals surface area contributed by atoms with Crippen LogP contribution in [0.1, 0.15) is 21.5 Å². The zero-order valence-corrected chi connectivity index (χ0v) is 20.0. The van der Waals surface area contributed by atoms with E-state index in [9.17, 15) is 4.79 Å². The van der Waals surface area contributed by atoms with Gasteiger partial charge in [0.25, 0.3) is 5.91 Å². The fraction of sp³-hybridized carbons (Fsp3) is 0.250. The van der Waals surface area contributed by atoms with Crippen LogP contribution in [-0.2, 0) is 6.54 Å². The molecule has 0 atom stereocenters. The number of ether oxygens (including phenoxy) is 1. The first-order valence-electron chi connectivity index (χ1n) is 11.7. The monoisotopic (exact) mass is 468 g/mol. The van der Waals surface area contributed by atoms with E-state index in [1.54, 1.807) is 7.11 Å². The summed E-state index contributed by atoms with van der Waals surface area (Å²) in [4.78, 5) is 17.3. The lowest BCUT2D eigenvalue weighted by atomic mass is 10.1. The van der Waals surface area contributed by atoms with Crippen molar-refractivity contribution in [2.45, 2.75) is 13.5 Å². The summed E-state index contributed by atoms with van der Waals surface area (Å²) in [5, 5.41) is 8.34. The minimum Gasteiger partial charge on any atom is -0.497 e. The number of aryl methyl sites for hydroxylation is 1. The molecule has 7 heteroatoms. The minimum absolute atomic E-state index is 0.0477. The van der Waals surface area contributed by atoms with Gasteiger partial charge in [0, 0.05) is 49.4 Å². The molecule has 7 nitrogen and oxygen atoms in total. The van der Waals surface area contributed by atoms with E-state index in [1.165, 1.54) is 11.1 Å². The highest BCUT2D eigenvalue weighted by molar-refractivity contribution is 5.94. The number of nitrogens with zero attached hydrogens (tertiary/aromatic N) is 4. The number of hydrogen-bond donors (Lipinski definition) is 0. The van der Waals surface area contributed by atoms with Gasteiger partial charge in [0.05, 0.1) is 7.11 Å². The molecule has 1 saturated heterocycles. The highest BCUT2D eigenvalue weighted by Crippen LogP contribution is 2.25. The molecule has 1 aliphatic heterocycles. The first kappa shape index (κ1) is 22.8. The van der Waals surface area contributed by atoms with E-state index in [0.717, 1.165) is 36.5 Å². The summed E-state index contributed by atoms with van der Waals surface area (Å²) in [6.07, 6.45) is 0. The molecule has 5 rings (SSSR count). The van der Waals surface area contributed by atoms with E-state index in [-0.39, 0.29) is 5.91 Å². The molecule has 0 aliphatic carbocycles. The number of amides is 1. The summed E-state index contributed by atoms with van der Waals surface area (Å²) in [5.41, 5.74) is 4.75. The van der Waals surface area contributed by atoms with Gasteiger partial charge in [-0.2, -0.15) is 0 Å². The van der Waals surface area contributed by atoms with E-state index in [2.05, 4.69) is 27.2 Å². The summed E-state index contributed by atoms with van der Waals surface area (Å²) >= 11 is 0. The Kier molecular flexibility index (Phi) is 6.59. The van der Waals surface area contributed by atoms with Crippen molar-refractivity contribution in [2.24, 2.45) is 0 Å². The van der Waals surface area contributed by atoms with Gasteiger partial charge in [-0.1, -0.05) is 29.8 Å². The van der Waals surface area contributed by atoms with Crippen LogP contribution >= 0.6 is 0 Å². The van der Waals surface area contributed by atoms with Crippen molar-refractivity contribution in [2.75, 3.05) is 33.3 Å². The predicted molar refractivity (Wildman–Crippen MR) is 134 cm³/mol. The molecule has 0 radical (unpaired) electrons. The molecule has 3 aromatic carbocycles. The van der Waals surface area contributed by atoms with Crippen LogP contribution in [0.5, 0.6) is 5.75 Å². The predicted octanol–water partition coefficient (Wildman–Crippen LogP) is 4.68. The molecule has 0 saturated carbocycles. The number of carbonyl (C=O) groups is 1. The average Bonchev–Trinajstić information content (AvgIpc) is 3.40. The van der Waals surface area contributed by atoms with Crippen molar-refractivity contribution >= 4 is 5.91 Å². The maximum atomic E-state index is 13.0. The Bertz CT molecular complexity index is 1270. The molecule has 2 heterocycles. The van der Waals surface area contributed by atoms with Gasteiger partial charge in [-0.25, -0.2) is 0 Å². The van der Waals surface area contributed by atoms with Gasteiger partial charge >= 0.3 is 0 Å². The Labute approximate surface area is 205 Å². The van der Waals surface area contributed by atoms with Crippen molar-refractivity contribution in [1.29, 1.82) is 0 Å². The van der Waals surface area contributed by atoms with Crippen LogP contribution in [0.4, 0.5) is 0 Å². The summed E-state index contributed by atoms with van der Waals surface area (Å²) in [6, 6.07) is 23.5. The Hall–Kier alpha value is -3.97. The average molecular weight is 469 g/mol. The van der Waals surface area contributed by atoms with Crippen LogP contribution in [-0.4, -0.2) is 59.2 Å². The maximum absolute atomic E-state index is 13.0. The molecule has 1 aromatic heterocycles. The molecule has 1 aliphatic rings. The SMILES string of the molecule is COc1ccc(CN2CCN(C(=O)c3ccc(-c4nnc(-c5ccc(C)cc5)o4)cc3)CC2)cc1. The molecular formula is C28H28N4O3. The molecular weight excluding hydrogens is 440 g/mol. The Balaban J connectivity index is 1.18. The van der Waals surface area contributed by atoms with Gasteiger partial charge in [0.15, 0.2) is 0 Å². The summed E-state index contributed by atoms with van der Waals surface area (Å²) < 4.78 is 11.1. The van der Waals surface area contributed by atoms with Gasteiger partial charge in [0.2, 0.25) is 11.8 Å². The van der Waals surface area contributed by atoms with E-state index in [0.29, 0.717) is 30.4 Å².